The normalized spacial score (nSPS) is 29.3. The molecule has 3 saturated heterocycles. The molecular weight excluding hydrogens is 300 g/mol. The van der Waals surface area contributed by atoms with Crippen LogP contribution in [0.15, 0.2) is 24.3 Å². The van der Waals surface area contributed by atoms with Gasteiger partial charge in [-0.05, 0) is 62.9 Å². The average molecular weight is 330 g/mol. The molecule has 0 radical (unpaired) electrons. The molecule has 0 aromatic heterocycles. The molecule has 4 nitrogen and oxygen atoms in total. The van der Waals surface area contributed by atoms with E-state index < -0.39 is 0 Å². The predicted molar refractivity (Wildman–Crippen MR) is 96.9 cm³/mol. The van der Waals surface area contributed by atoms with Crippen LogP contribution in [0.3, 0.4) is 0 Å². The number of piperidine rings is 2. The van der Waals surface area contributed by atoms with E-state index in [1.807, 2.05) is 0 Å². The maximum absolute atomic E-state index is 5.72. The quantitative estimate of drug-likeness (QED) is 0.850. The maximum atomic E-state index is 5.72. The third-order valence-electron chi connectivity index (χ3n) is 6.29. The van der Waals surface area contributed by atoms with Gasteiger partial charge in [0.15, 0.2) is 0 Å². The fourth-order valence-corrected chi connectivity index (χ4v) is 4.81. The molecular formula is C20H30N2O2. The van der Waals surface area contributed by atoms with Gasteiger partial charge in [0.25, 0.3) is 0 Å². The van der Waals surface area contributed by atoms with Crippen molar-refractivity contribution in [3.05, 3.63) is 24.3 Å². The second-order valence-corrected chi connectivity index (χ2v) is 7.79. The summed E-state index contributed by atoms with van der Waals surface area (Å²) in [5.41, 5.74) is 1.80. The van der Waals surface area contributed by atoms with Gasteiger partial charge >= 0.3 is 0 Å². The van der Waals surface area contributed by atoms with Crippen LogP contribution in [0, 0.1) is 5.41 Å². The summed E-state index contributed by atoms with van der Waals surface area (Å²) in [7, 11) is 1.72. The van der Waals surface area contributed by atoms with Crippen LogP contribution in [-0.4, -0.2) is 57.4 Å². The summed E-state index contributed by atoms with van der Waals surface area (Å²) in [5, 5.41) is 0. The summed E-state index contributed by atoms with van der Waals surface area (Å²) in [6.45, 7) is 6.85. The highest BCUT2D eigenvalue weighted by Gasteiger charge is 2.40. The number of benzene rings is 1. The second-order valence-electron chi connectivity index (χ2n) is 7.79. The van der Waals surface area contributed by atoms with Crippen molar-refractivity contribution in [1.29, 1.82) is 0 Å². The number of nitrogens with zero attached hydrogens (tertiary/aromatic N) is 2. The zero-order valence-corrected chi connectivity index (χ0v) is 14.9. The molecule has 0 bridgehead atoms. The Morgan fingerprint density at radius 2 is 1.88 bits per heavy atom. The Morgan fingerprint density at radius 3 is 2.54 bits per heavy atom. The van der Waals surface area contributed by atoms with Gasteiger partial charge in [-0.3, -0.25) is 4.90 Å². The van der Waals surface area contributed by atoms with Gasteiger partial charge in [-0.2, -0.15) is 0 Å². The van der Waals surface area contributed by atoms with E-state index in [9.17, 15) is 0 Å². The highest BCUT2D eigenvalue weighted by atomic mass is 16.5. The summed E-state index contributed by atoms with van der Waals surface area (Å²) < 4.78 is 11.0. The number of hydrogen-bond donors (Lipinski definition) is 0. The number of methoxy groups -OCH3 is 1. The molecule has 1 aromatic carbocycles. The lowest BCUT2D eigenvalue weighted by Gasteiger charge is -2.46. The van der Waals surface area contributed by atoms with E-state index in [0.717, 1.165) is 38.1 Å². The molecule has 0 aliphatic carbocycles. The van der Waals surface area contributed by atoms with E-state index >= 15 is 0 Å². The molecule has 24 heavy (non-hydrogen) atoms. The van der Waals surface area contributed by atoms with E-state index in [1.165, 1.54) is 50.9 Å². The highest BCUT2D eigenvalue weighted by molar-refractivity contribution is 5.49. The monoisotopic (exact) mass is 330 g/mol. The van der Waals surface area contributed by atoms with Gasteiger partial charge in [-0.25, -0.2) is 0 Å². The lowest BCUT2D eigenvalue weighted by Crippen LogP contribution is -2.52. The van der Waals surface area contributed by atoms with Crippen molar-refractivity contribution in [1.82, 2.24) is 4.90 Å². The lowest BCUT2D eigenvalue weighted by atomic mass is 9.78. The molecule has 0 N–H and O–H groups in total. The largest absolute Gasteiger partial charge is 0.497 e. The molecule has 1 aromatic rings. The van der Waals surface area contributed by atoms with Crippen molar-refractivity contribution >= 4 is 5.69 Å². The summed E-state index contributed by atoms with van der Waals surface area (Å²) in [5.74, 6) is 0.936. The summed E-state index contributed by atoms with van der Waals surface area (Å²) in [4.78, 5) is 5.30. The minimum Gasteiger partial charge on any atom is -0.497 e. The maximum Gasteiger partial charge on any atom is 0.119 e. The smallest absolute Gasteiger partial charge is 0.119 e. The van der Waals surface area contributed by atoms with E-state index in [2.05, 4.69) is 34.1 Å². The Morgan fingerprint density at radius 1 is 1.08 bits per heavy atom. The molecule has 4 rings (SSSR count). The van der Waals surface area contributed by atoms with Crippen molar-refractivity contribution in [2.75, 3.05) is 51.4 Å². The SMILES string of the molecule is COc1ccc(N2CCC(N3CCCC4(CCOC4)C3)CC2)cc1. The molecule has 1 atom stereocenters. The molecule has 3 aliphatic rings. The van der Waals surface area contributed by atoms with Crippen LogP contribution < -0.4 is 9.64 Å². The molecule has 3 heterocycles. The van der Waals surface area contributed by atoms with Crippen molar-refractivity contribution in [3.8, 4) is 5.75 Å². The van der Waals surface area contributed by atoms with E-state index in [0.29, 0.717) is 5.41 Å². The fourth-order valence-electron chi connectivity index (χ4n) is 4.81. The van der Waals surface area contributed by atoms with Gasteiger partial charge in [-0.1, -0.05) is 0 Å². The van der Waals surface area contributed by atoms with Crippen LogP contribution in [-0.2, 0) is 4.74 Å². The van der Waals surface area contributed by atoms with Crippen LogP contribution in [0.5, 0.6) is 5.75 Å². The van der Waals surface area contributed by atoms with Crippen molar-refractivity contribution in [2.24, 2.45) is 5.41 Å². The zero-order chi connectivity index (χ0) is 16.4. The Bertz CT molecular complexity index is 531. The minimum absolute atomic E-state index is 0.478. The molecule has 0 saturated carbocycles. The fraction of sp³-hybridized carbons (Fsp3) is 0.700. The molecule has 1 unspecified atom stereocenters. The van der Waals surface area contributed by atoms with Crippen molar-refractivity contribution < 1.29 is 9.47 Å². The van der Waals surface area contributed by atoms with Gasteiger partial charge in [0.05, 0.1) is 13.7 Å². The Labute approximate surface area is 145 Å². The third-order valence-corrected chi connectivity index (χ3v) is 6.29. The van der Waals surface area contributed by atoms with Crippen molar-refractivity contribution in [3.63, 3.8) is 0 Å². The number of hydrogen-bond acceptors (Lipinski definition) is 4. The number of likely N-dealkylation sites (tertiary alicyclic amines) is 1. The first kappa shape index (κ1) is 16.2. The molecule has 132 valence electrons. The standard InChI is InChI=1S/C20H30N2O2/c1-23-19-5-3-17(4-6-19)21-12-7-18(8-13-21)22-11-2-9-20(15-22)10-14-24-16-20/h3-6,18H,2,7-16H2,1H3. The van der Waals surface area contributed by atoms with Crippen LogP contribution >= 0.6 is 0 Å². The van der Waals surface area contributed by atoms with Gasteiger partial charge in [0, 0.05) is 43.4 Å². The lowest BCUT2D eigenvalue weighted by molar-refractivity contribution is 0.0364. The van der Waals surface area contributed by atoms with Crippen LogP contribution in [0.1, 0.15) is 32.1 Å². The first-order valence-electron chi connectivity index (χ1n) is 9.49. The van der Waals surface area contributed by atoms with Gasteiger partial charge in [0.1, 0.15) is 5.75 Å². The Balaban J connectivity index is 1.33. The van der Waals surface area contributed by atoms with Crippen LogP contribution in [0.25, 0.3) is 0 Å². The van der Waals surface area contributed by atoms with Crippen LogP contribution in [0.4, 0.5) is 5.69 Å². The molecule has 3 fully saturated rings. The number of ether oxygens (including phenoxy) is 2. The average Bonchev–Trinajstić information content (AvgIpc) is 3.09. The second kappa shape index (κ2) is 6.93. The zero-order valence-electron chi connectivity index (χ0n) is 14.9. The number of rotatable bonds is 3. The Hall–Kier alpha value is -1.26. The van der Waals surface area contributed by atoms with E-state index in [4.69, 9.17) is 9.47 Å². The predicted octanol–water partition coefficient (Wildman–Crippen LogP) is 3.17. The van der Waals surface area contributed by atoms with E-state index in [1.54, 1.807) is 7.11 Å². The topological polar surface area (TPSA) is 24.9 Å². The van der Waals surface area contributed by atoms with E-state index in [-0.39, 0.29) is 0 Å². The summed E-state index contributed by atoms with van der Waals surface area (Å²) in [6.07, 6.45) is 6.55. The van der Waals surface area contributed by atoms with Crippen molar-refractivity contribution in [2.45, 2.75) is 38.1 Å². The Kier molecular flexibility index (Phi) is 4.68. The highest BCUT2D eigenvalue weighted by Crippen LogP contribution is 2.39. The molecule has 4 heteroatoms. The van der Waals surface area contributed by atoms with Gasteiger partial charge < -0.3 is 14.4 Å². The van der Waals surface area contributed by atoms with Gasteiger partial charge in [0.2, 0.25) is 0 Å². The summed E-state index contributed by atoms with van der Waals surface area (Å²) >= 11 is 0. The first-order chi connectivity index (χ1) is 11.8. The minimum atomic E-state index is 0.478. The molecule has 1 spiro atoms. The summed E-state index contributed by atoms with van der Waals surface area (Å²) in [6, 6.07) is 9.26. The molecule has 0 amide bonds. The first-order valence-corrected chi connectivity index (χ1v) is 9.49. The number of anilines is 1. The van der Waals surface area contributed by atoms with Gasteiger partial charge in [-0.15, -0.1) is 0 Å². The third kappa shape index (κ3) is 3.27. The molecule has 3 aliphatic heterocycles. The van der Waals surface area contributed by atoms with Crippen LogP contribution in [0.2, 0.25) is 0 Å².